The highest BCUT2D eigenvalue weighted by Gasteiger charge is 2.34. The minimum absolute atomic E-state index is 0.0243. The van der Waals surface area contributed by atoms with Crippen LogP contribution in [0.15, 0.2) is 18.2 Å². The lowest BCUT2D eigenvalue weighted by Crippen LogP contribution is -2.48. The number of carbonyl (C=O) groups is 2. The SMILES string of the molecule is CCC1CCN(c2ccc(F)cc2C(N)=O)C(C(=O)O)C1. The second-order valence-corrected chi connectivity index (χ2v) is 5.37. The number of aliphatic carboxylic acids is 1. The largest absolute Gasteiger partial charge is 0.480 e. The van der Waals surface area contributed by atoms with Crippen molar-refractivity contribution in [1.82, 2.24) is 0 Å². The molecule has 1 fully saturated rings. The van der Waals surface area contributed by atoms with Crippen LogP contribution in [0.5, 0.6) is 0 Å². The summed E-state index contributed by atoms with van der Waals surface area (Å²) in [5.74, 6) is -1.91. The maximum Gasteiger partial charge on any atom is 0.326 e. The van der Waals surface area contributed by atoms with Crippen LogP contribution in [-0.4, -0.2) is 29.6 Å². The Kier molecular flexibility index (Phi) is 4.45. The van der Waals surface area contributed by atoms with Gasteiger partial charge in [-0.05, 0) is 37.0 Å². The summed E-state index contributed by atoms with van der Waals surface area (Å²) in [6, 6.07) is 2.99. The number of rotatable bonds is 4. The van der Waals surface area contributed by atoms with Crippen LogP contribution in [0.3, 0.4) is 0 Å². The number of amides is 1. The van der Waals surface area contributed by atoms with Gasteiger partial charge in [-0.15, -0.1) is 0 Å². The summed E-state index contributed by atoms with van der Waals surface area (Å²) >= 11 is 0. The zero-order valence-corrected chi connectivity index (χ0v) is 11.9. The standard InChI is InChI=1S/C15H19FN2O3/c1-2-9-5-6-18(13(7-9)15(20)21)12-4-3-10(16)8-11(12)14(17)19/h3-4,8-9,13H,2,5-7H2,1H3,(H2,17,19)(H,20,21). The van der Waals surface area contributed by atoms with Gasteiger partial charge in [-0.1, -0.05) is 13.3 Å². The van der Waals surface area contributed by atoms with E-state index in [2.05, 4.69) is 0 Å². The zero-order valence-electron chi connectivity index (χ0n) is 11.9. The highest BCUT2D eigenvalue weighted by molar-refractivity contribution is 5.99. The molecule has 1 aliphatic rings. The normalized spacial score (nSPS) is 22.1. The molecule has 114 valence electrons. The first-order chi connectivity index (χ1) is 9.93. The molecule has 0 aliphatic carbocycles. The molecule has 0 saturated carbocycles. The lowest BCUT2D eigenvalue weighted by molar-refractivity contribution is -0.139. The van der Waals surface area contributed by atoms with Gasteiger partial charge in [0.05, 0.1) is 11.3 Å². The minimum Gasteiger partial charge on any atom is -0.480 e. The van der Waals surface area contributed by atoms with Crippen molar-refractivity contribution in [3.05, 3.63) is 29.6 Å². The molecule has 2 unspecified atom stereocenters. The molecule has 0 bridgehead atoms. The summed E-state index contributed by atoms with van der Waals surface area (Å²) in [7, 11) is 0. The third-order valence-electron chi connectivity index (χ3n) is 4.11. The summed E-state index contributed by atoms with van der Waals surface area (Å²) in [5.41, 5.74) is 5.70. The first kappa shape index (κ1) is 15.3. The molecule has 1 amide bonds. The molecule has 21 heavy (non-hydrogen) atoms. The number of nitrogens with two attached hydrogens (primary N) is 1. The van der Waals surface area contributed by atoms with Crippen LogP contribution < -0.4 is 10.6 Å². The van der Waals surface area contributed by atoms with Gasteiger partial charge in [0.15, 0.2) is 0 Å². The van der Waals surface area contributed by atoms with Crippen molar-refractivity contribution in [2.45, 2.75) is 32.2 Å². The van der Waals surface area contributed by atoms with Gasteiger partial charge in [-0.25, -0.2) is 9.18 Å². The molecule has 0 spiro atoms. The van der Waals surface area contributed by atoms with Gasteiger partial charge in [0.1, 0.15) is 11.9 Å². The number of carbonyl (C=O) groups excluding carboxylic acids is 1. The van der Waals surface area contributed by atoms with Crippen LogP contribution in [0, 0.1) is 11.7 Å². The molecule has 5 nitrogen and oxygen atoms in total. The Labute approximate surface area is 122 Å². The van der Waals surface area contributed by atoms with Gasteiger partial charge in [0.2, 0.25) is 0 Å². The van der Waals surface area contributed by atoms with E-state index in [1.165, 1.54) is 12.1 Å². The third-order valence-corrected chi connectivity index (χ3v) is 4.11. The molecule has 0 radical (unpaired) electrons. The summed E-state index contributed by atoms with van der Waals surface area (Å²) in [6.45, 7) is 2.55. The number of benzene rings is 1. The maximum atomic E-state index is 13.3. The molecule has 2 rings (SSSR count). The highest BCUT2D eigenvalue weighted by Crippen LogP contribution is 2.32. The Bertz CT molecular complexity index is 562. The molecule has 1 heterocycles. The fraction of sp³-hybridized carbons (Fsp3) is 0.467. The molecule has 1 saturated heterocycles. The van der Waals surface area contributed by atoms with E-state index < -0.39 is 23.7 Å². The van der Waals surface area contributed by atoms with E-state index in [1.807, 2.05) is 6.92 Å². The van der Waals surface area contributed by atoms with Gasteiger partial charge in [0.25, 0.3) is 5.91 Å². The molecule has 6 heteroatoms. The molecular weight excluding hydrogens is 275 g/mol. The first-order valence-corrected chi connectivity index (χ1v) is 7.02. The van der Waals surface area contributed by atoms with E-state index in [-0.39, 0.29) is 5.56 Å². The van der Waals surface area contributed by atoms with Crippen LogP contribution in [0.25, 0.3) is 0 Å². The molecule has 3 N–H and O–H groups in total. The van der Waals surface area contributed by atoms with Crippen molar-refractivity contribution < 1.29 is 19.1 Å². The fourth-order valence-corrected chi connectivity index (χ4v) is 2.89. The van der Waals surface area contributed by atoms with E-state index in [0.717, 1.165) is 18.9 Å². The molecule has 1 aromatic rings. The lowest BCUT2D eigenvalue weighted by atomic mass is 9.88. The van der Waals surface area contributed by atoms with Gasteiger partial charge in [0, 0.05) is 6.54 Å². The Morgan fingerprint density at radius 2 is 2.19 bits per heavy atom. The Morgan fingerprint density at radius 1 is 1.48 bits per heavy atom. The predicted molar refractivity (Wildman–Crippen MR) is 76.7 cm³/mol. The quantitative estimate of drug-likeness (QED) is 0.889. The van der Waals surface area contributed by atoms with Crippen LogP contribution in [-0.2, 0) is 4.79 Å². The van der Waals surface area contributed by atoms with Crippen LogP contribution in [0.1, 0.15) is 36.5 Å². The molecule has 2 atom stereocenters. The fourth-order valence-electron chi connectivity index (χ4n) is 2.89. The topological polar surface area (TPSA) is 83.6 Å². The van der Waals surface area contributed by atoms with Crippen molar-refractivity contribution >= 4 is 17.6 Å². The van der Waals surface area contributed by atoms with Gasteiger partial charge < -0.3 is 15.7 Å². The Balaban J connectivity index is 2.40. The Morgan fingerprint density at radius 3 is 2.76 bits per heavy atom. The molecule has 1 aromatic carbocycles. The van der Waals surface area contributed by atoms with E-state index in [4.69, 9.17) is 5.73 Å². The summed E-state index contributed by atoms with van der Waals surface area (Å²) in [4.78, 5) is 24.7. The van der Waals surface area contributed by atoms with Crippen LogP contribution >= 0.6 is 0 Å². The average Bonchev–Trinajstić information content (AvgIpc) is 2.46. The average molecular weight is 294 g/mol. The summed E-state index contributed by atoms with van der Waals surface area (Å²) < 4.78 is 13.3. The zero-order chi connectivity index (χ0) is 15.6. The lowest BCUT2D eigenvalue weighted by Gasteiger charge is -2.39. The van der Waals surface area contributed by atoms with Gasteiger partial charge in [-0.2, -0.15) is 0 Å². The summed E-state index contributed by atoms with van der Waals surface area (Å²) in [6.07, 6.45) is 2.28. The van der Waals surface area contributed by atoms with Crippen LogP contribution in [0.2, 0.25) is 0 Å². The monoisotopic (exact) mass is 294 g/mol. The molecular formula is C15H19FN2O3. The second-order valence-electron chi connectivity index (χ2n) is 5.37. The number of nitrogens with zero attached hydrogens (tertiary/aromatic N) is 1. The van der Waals surface area contributed by atoms with Gasteiger partial charge >= 0.3 is 5.97 Å². The number of hydrogen-bond acceptors (Lipinski definition) is 3. The smallest absolute Gasteiger partial charge is 0.326 e. The number of piperidine rings is 1. The first-order valence-electron chi connectivity index (χ1n) is 7.02. The van der Waals surface area contributed by atoms with Crippen molar-refractivity contribution in [3.8, 4) is 0 Å². The van der Waals surface area contributed by atoms with E-state index in [1.54, 1.807) is 4.90 Å². The predicted octanol–water partition coefficient (Wildman–Crippen LogP) is 2.00. The molecule has 0 aromatic heterocycles. The highest BCUT2D eigenvalue weighted by atomic mass is 19.1. The third kappa shape index (κ3) is 3.15. The van der Waals surface area contributed by atoms with Crippen molar-refractivity contribution in [3.63, 3.8) is 0 Å². The van der Waals surface area contributed by atoms with E-state index >= 15 is 0 Å². The number of primary amides is 1. The van der Waals surface area contributed by atoms with Crippen molar-refractivity contribution in [2.24, 2.45) is 11.7 Å². The number of carboxylic acids is 1. The Hall–Kier alpha value is -2.11. The number of carboxylic acid groups (broad SMARTS) is 1. The van der Waals surface area contributed by atoms with Crippen LogP contribution in [0.4, 0.5) is 10.1 Å². The number of hydrogen-bond donors (Lipinski definition) is 2. The number of halogens is 1. The maximum absolute atomic E-state index is 13.3. The second kappa shape index (κ2) is 6.11. The summed E-state index contributed by atoms with van der Waals surface area (Å²) in [5, 5.41) is 9.44. The number of anilines is 1. The van der Waals surface area contributed by atoms with E-state index in [0.29, 0.717) is 24.6 Å². The minimum atomic E-state index is -0.937. The van der Waals surface area contributed by atoms with Crippen molar-refractivity contribution in [1.29, 1.82) is 0 Å². The van der Waals surface area contributed by atoms with Crippen molar-refractivity contribution in [2.75, 3.05) is 11.4 Å². The molecule has 1 aliphatic heterocycles. The van der Waals surface area contributed by atoms with E-state index in [9.17, 15) is 19.1 Å². The van der Waals surface area contributed by atoms with Gasteiger partial charge in [-0.3, -0.25) is 4.79 Å².